The molecule has 56 heavy (non-hydrogen) atoms. The molecule has 0 spiro atoms. The van der Waals surface area contributed by atoms with Crippen LogP contribution >= 0.6 is 0 Å². The van der Waals surface area contributed by atoms with Crippen molar-refractivity contribution < 1.29 is 8.83 Å². The van der Waals surface area contributed by atoms with Gasteiger partial charge in [-0.3, -0.25) is 9.97 Å². The van der Waals surface area contributed by atoms with E-state index in [4.69, 9.17) is 18.8 Å². The lowest BCUT2D eigenvalue weighted by atomic mass is 9.93. The maximum absolute atomic E-state index is 6.56. The van der Waals surface area contributed by atoms with E-state index >= 15 is 0 Å². The van der Waals surface area contributed by atoms with Crippen LogP contribution in [-0.4, -0.2) is 19.9 Å². The quantitative estimate of drug-likeness (QED) is 0.170. The molecule has 6 heteroatoms. The molecule has 6 nitrogen and oxygen atoms in total. The van der Waals surface area contributed by atoms with Gasteiger partial charge in [0.2, 0.25) is 0 Å². The van der Waals surface area contributed by atoms with E-state index in [0.29, 0.717) is 0 Å². The zero-order valence-corrected chi connectivity index (χ0v) is 29.9. The van der Waals surface area contributed by atoms with Crippen LogP contribution in [-0.2, 0) is 0 Å². The molecule has 5 aromatic carbocycles. The fraction of sp³-hybridized carbons (Fsp3) is 0. The fourth-order valence-electron chi connectivity index (χ4n) is 7.79. The van der Waals surface area contributed by atoms with Gasteiger partial charge in [0.25, 0.3) is 0 Å². The Morgan fingerprint density at radius 3 is 1.29 bits per heavy atom. The molecule has 0 radical (unpaired) electrons. The molecule has 6 aromatic heterocycles. The molecular formula is C50H30N4O2. The average molecular weight is 719 g/mol. The first-order chi connectivity index (χ1) is 27.7. The highest BCUT2D eigenvalue weighted by Gasteiger charge is 2.18. The number of para-hydroxylation sites is 4. The molecule has 6 heterocycles. The first-order valence-corrected chi connectivity index (χ1v) is 18.5. The molecule has 262 valence electrons. The summed E-state index contributed by atoms with van der Waals surface area (Å²) >= 11 is 0. The number of rotatable bonds is 6. The van der Waals surface area contributed by atoms with Crippen molar-refractivity contribution in [2.24, 2.45) is 0 Å². The Morgan fingerprint density at radius 1 is 0.321 bits per heavy atom. The molecule has 11 aromatic rings. The van der Waals surface area contributed by atoms with Crippen molar-refractivity contribution in [3.63, 3.8) is 0 Å². The zero-order chi connectivity index (χ0) is 37.0. The standard InChI is InChI=1S/C50H30N4O2/c1-3-20-47-39(12-1)41-16-5-14-37(49(41)55-47)33-24-34(38-15-6-17-42-40-13-2-4-21-48(40)56-50(38)42)26-35(25-33)43-18-7-19-44(53-43)36-27-45(31-10-8-22-51-29-31)54-46(28-36)32-11-9-23-52-30-32/h1-30H. The smallest absolute Gasteiger partial charge is 0.143 e. The SMILES string of the molecule is c1cncc(-c2cc(-c3cccc(-c4cc(-c5cccc6c5oc5ccccc56)cc(-c5cccc6c5oc5ccccc56)c4)n3)cc(-c3cccnc3)n2)c1. The van der Waals surface area contributed by atoms with Gasteiger partial charge in [0.1, 0.15) is 22.3 Å². The lowest BCUT2D eigenvalue weighted by Gasteiger charge is -2.13. The van der Waals surface area contributed by atoms with Gasteiger partial charge in [-0.25, -0.2) is 9.97 Å². The molecule has 0 aliphatic carbocycles. The molecule has 11 rings (SSSR count). The number of hydrogen-bond acceptors (Lipinski definition) is 6. The highest BCUT2D eigenvalue weighted by molar-refractivity contribution is 6.11. The van der Waals surface area contributed by atoms with E-state index in [2.05, 4.69) is 113 Å². The summed E-state index contributed by atoms with van der Waals surface area (Å²) in [6.45, 7) is 0. The van der Waals surface area contributed by atoms with Gasteiger partial charge in [-0.15, -0.1) is 0 Å². The van der Waals surface area contributed by atoms with Crippen molar-refractivity contribution in [2.75, 3.05) is 0 Å². The Kier molecular flexibility index (Phi) is 7.38. The number of nitrogens with zero attached hydrogens (tertiary/aromatic N) is 4. The molecule has 0 unspecified atom stereocenters. The normalized spacial score (nSPS) is 11.6. The largest absolute Gasteiger partial charge is 0.455 e. The molecule has 0 N–H and O–H groups in total. The van der Waals surface area contributed by atoms with Crippen LogP contribution < -0.4 is 0 Å². The zero-order valence-electron chi connectivity index (χ0n) is 29.9. The van der Waals surface area contributed by atoms with E-state index in [1.165, 1.54) is 0 Å². The van der Waals surface area contributed by atoms with Crippen LogP contribution in [0.15, 0.2) is 191 Å². The van der Waals surface area contributed by atoms with Gasteiger partial charge in [-0.2, -0.15) is 0 Å². The summed E-state index contributed by atoms with van der Waals surface area (Å²) in [6, 6.07) is 54.0. The number of aromatic nitrogens is 4. The number of pyridine rings is 4. The molecule has 0 fully saturated rings. The van der Waals surface area contributed by atoms with Crippen molar-refractivity contribution in [3.8, 4) is 67.3 Å². The second kappa shape index (κ2) is 13.0. The van der Waals surface area contributed by atoms with Crippen molar-refractivity contribution in [1.82, 2.24) is 19.9 Å². The maximum atomic E-state index is 6.56. The van der Waals surface area contributed by atoms with Crippen LogP contribution in [0.4, 0.5) is 0 Å². The van der Waals surface area contributed by atoms with Crippen LogP contribution in [0.5, 0.6) is 0 Å². The van der Waals surface area contributed by atoms with Crippen molar-refractivity contribution >= 4 is 43.9 Å². The summed E-state index contributed by atoms with van der Waals surface area (Å²) in [4.78, 5) is 19.1. The third kappa shape index (κ3) is 5.43. The van der Waals surface area contributed by atoms with Gasteiger partial charge in [-0.1, -0.05) is 78.9 Å². The molecule has 0 aliphatic rings. The number of hydrogen-bond donors (Lipinski definition) is 0. The average Bonchev–Trinajstić information content (AvgIpc) is 3.86. The van der Waals surface area contributed by atoms with Gasteiger partial charge in [0.15, 0.2) is 0 Å². The fourth-order valence-corrected chi connectivity index (χ4v) is 7.79. The Morgan fingerprint density at radius 2 is 0.768 bits per heavy atom. The minimum Gasteiger partial charge on any atom is -0.455 e. The Labute approximate surface area is 321 Å². The molecule has 0 atom stereocenters. The highest BCUT2D eigenvalue weighted by Crippen LogP contribution is 2.42. The maximum Gasteiger partial charge on any atom is 0.143 e. The minimum absolute atomic E-state index is 0.809. The summed E-state index contributed by atoms with van der Waals surface area (Å²) in [5, 5.41) is 4.35. The van der Waals surface area contributed by atoms with E-state index in [1.807, 2.05) is 67.0 Å². The topological polar surface area (TPSA) is 77.8 Å². The summed E-state index contributed by atoms with van der Waals surface area (Å²) in [5.41, 5.74) is 14.5. The van der Waals surface area contributed by atoms with Crippen LogP contribution in [0.25, 0.3) is 111 Å². The Hall–Kier alpha value is -7.70. The number of furan rings is 2. The molecule has 0 bridgehead atoms. The third-order valence-electron chi connectivity index (χ3n) is 10.4. The number of benzene rings is 5. The monoisotopic (exact) mass is 718 g/mol. The first-order valence-electron chi connectivity index (χ1n) is 18.5. The van der Waals surface area contributed by atoms with Crippen LogP contribution in [0.3, 0.4) is 0 Å². The van der Waals surface area contributed by atoms with E-state index in [9.17, 15) is 0 Å². The summed E-state index contributed by atoms with van der Waals surface area (Å²) < 4.78 is 13.1. The predicted molar refractivity (Wildman–Crippen MR) is 225 cm³/mol. The van der Waals surface area contributed by atoms with Gasteiger partial charge in [0, 0.05) is 79.7 Å². The van der Waals surface area contributed by atoms with Crippen LogP contribution in [0, 0.1) is 0 Å². The van der Waals surface area contributed by atoms with Crippen molar-refractivity contribution in [3.05, 3.63) is 183 Å². The Bertz CT molecular complexity index is 3070. The molecule has 0 saturated carbocycles. The number of fused-ring (bicyclic) bond motifs is 6. The lowest BCUT2D eigenvalue weighted by Crippen LogP contribution is -1.94. The minimum atomic E-state index is 0.809. The van der Waals surface area contributed by atoms with E-state index in [0.717, 1.165) is 111 Å². The van der Waals surface area contributed by atoms with Crippen LogP contribution in [0.2, 0.25) is 0 Å². The van der Waals surface area contributed by atoms with Crippen molar-refractivity contribution in [1.29, 1.82) is 0 Å². The third-order valence-corrected chi connectivity index (χ3v) is 10.4. The van der Waals surface area contributed by atoms with Gasteiger partial charge in [-0.05, 0) is 90.0 Å². The molecule has 0 amide bonds. The van der Waals surface area contributed by atoms with Gasteiger partial charge < -0.3 is 8.83 Å². The highest BCUT2D eigenvalue weighted by atomic mass is 16.3. The lowest BCUT2D eigenvalue weighted by molar-refractivity contribution is 0.670. The molecule has 0 saturated heterocycles. The summed E-state index contributed by atoms with van der Waals surface area (Å²) in [5.74, 6) is 0. The van der Waals surface area contributed by atoms with Crippen LogP contribution in [0.1, 0.15) is 0 Å². The van der Waals surface area contributed by atoms with E-state index < -0.39 is 0 Å². The van der Waals surface area contributed by atoms with Gasteiger partial charge >= 0.3 is 0 Å². The van der Waals surface area contributed by atoms with Gasteiger partial charge in [0.05, 0.1) is 22.8 Å². The summed E-state index contributed by atoms with van der Waals surface area (Å²) in [6.07, 6.45) is 7.21. The van der Waals surface area contributed by atoms with Crippen molar-refractivity contribution in [2.45, 2.75) is 0 Å². The molecule has 0 aliphatic heterocycles. The first kappa shape index (κ1) is 31.8. The Balaban J connectivity index is 1.12. The second-order valence-corrected chi connectivity index (χ2v) is 13.9. The van der Waals surface area contributed by atoms with E-state index in [1.54, 1.807) is 12.4 Å². The predicted octanol–water partition coefficient (Wildman–Crippen LogP) is 13.1. The summed E-state index contributed by atoms with van der Waals surface area (Å²) in [7, 11) is 0. The second-order valence-electron chi connectivity index (χ2n) is 13.9. The molecular weight excluding hydrogens is 689 g/mol. The van der Waals surface area contributed by atoms with E-state index in [-0.39, 0.29) is 0 Å².